The summed E-state index contributed by atoms with van der Waals surface area (Å²) in [4.78, 5) is 2.33. The molecule has 19 heavy (non-hydrogen) atoms. The van der Waals surface area contributed by atoms with Crippen LogP contribution in [0.25, 0.3) is 0 Å². The molecule has 1 aromatic rings. The number of likely N-dealkylation sites (N-methyl/N-ethyl adjacent to an activating group) is 1. The first-order chi connectivity index (χ1) is 9.30. The van der Waals surface area contributed by atoms with E-state index in [1.165, 1.54) is 0 Å². The highest BCUT2D eigenvalue weighted by Gasteiger charge is 2.07. The van der Waals surface area contributed by atoms with Gasteiger partial charge in [0.05, 0.1) is 19.7 Å². The van der Waals surface area contributed by atoms with E-state index in [0.29, 0.717) is 0 Å². The van der Waals surface area contributed by atoms with Gasteiger partial charge in [0.25, 0.3) is 0 Å². The Kier molecular flexibility index (Phi) is 8.54. The standard InChI is InChI=1S/C15H28N2O2/c1-4-9-16-12-14-7-8-15(19-14)13-17(5-2)10-11-18-6-3/h7-8,16H,4-6,9-13H2,1-3H3. The van der Waals surface area contributed by atoms with Crippen LogP contribution in [0.15, 0.2) is 16.5 Å². The normalized spacial score (nSPS) is 11.4. The number of hydrogen-bond acceptors (Lipinski definition) is 4. The van der Waals surface area contributed by atoms with Crippen molar-refractivity contribution in [3.63, 3.8) is 0 Å². The molecule has 1 N–H and O–H groups in total. The Morgan fingerprint density at radius 2 is 2.00 bits per heavy atom. The molecule has 1 rings (SSSR count). The zero-order valence-electron chi connectivity index (χ0n) is 12.6. The average Bonchev–Trinajstić information content (AvgIpc) is 2.86. The SMILES string of the molecule is CCCNCc1ccc(CN(CC)CCOCC)o1. The lowest BCUT2D eigenvalue weighted by Crippen LogP contribution is -2.26. The van der Waals surface area contributed by atoms with E-state index in [1.54, 1.807) is 0 Å². The van der Waals surface area contributed by atoms with Crippen LogP contribution in [0.2, 0.25) is 0 Å². The molecule has 4 nitrogen and oxygen atoms in total. The van der Waals surface area contributed by atoms with Crippen molar-refractivity contribution in [1.29, 1.82) is 0 Å². The van der Waals surface area contributed by atoms with Gasteiger partial charge in [-0.15, -0.1) is 0 Å². The minimum absolute atomic E-state index is 0.783. The van der Waals surface area contributed by atoms with Crippen LogP contribution in [0.5, 0.6) is 0 Å². The Balaban J connectivity index is 2.33. The highest BCUT2D eigenvalue weighted by molar-refractivity contribution is 5.07. The van der Waals surface area contributed by atoms with Crippen LogP contribution in [0.1, 0.15) is 38.7 Å². The first kappa shape index (κ1) is 16.2. The van der Waals surface area contributed by atoms with Gasteiger partial charge >= 0.3 is 0 Å². The second-order valence-corrected chi connectivity index (χ2v) is 4.61. The van der Waals surface area contributed by atoms with Gasteiger partial charge < -0.3 is 14.5 Å². The Labute approximate surface area is 117 Å². The fraction of sp³-hybridized carbons (Fsp3) is 0.733. The fourth-order valence-electron chi connectivity index (χ4n) is 1.90. The predicted molar refractivity (Wildman–Crippen MR) is 78.1 cm³/mol. The summed E-state index contributed by atoms with van der Waals surface area (Å²) in [6, 6.07) is 4.14. The molecular weight excluding hydrogens is 240 g/mol. The maximum atomic E-state index is 5.82. The zero-order valence-corrected chi connectivity index (χ0v) is 12.6. The van der Waals surface area contributed by atoms with Crippen LogP contribution >= 0.6 is 0 Å². The van der Waals surface area contributed by atoms with Gasteiger partial charge in [-0.1, -0.05) is 13.8 Å². The molecule has 1 heterocycles. The van der Waals surface area contributed by atoms with Crippen molar-refractivity contribution < 1.29 is 9.15 Å². The maximum absolute atomic E-state index is 5.82. The molecule has 0 bridgehead atoms. The number of nitrogens with zero attached hydrogens (tertiary/aromatic N) is 1. The van der Waals surface area contributed by atoms with Gasteiger partial charge in [0, 0.05) is 13.2 Å². The largest absolute Gasteiger partial charge is 0.463 e. The predicted octanol–water partition coefficient (Wildman–Crippen LogP) is 2.64. The van der Waals surface area contributed by atoms with Crippen molar-refractivity contribution in [2.24, 2.45) is 0 Å². The minimum Gasteiger partial charge on any atom is -0.463 e. The number of nitrogens with one attached hydrogen (secondary N) is 1. The number of hydrogen-bond donors (Lipinski definition) is 1. The molecule has 0 aliphatic heterocycles. The third-order valence-electron chi connectivity index (χ3n) is 3.03. The van der Waals surface area contributed by atoms with E-state index < -0.39 is 0 Å². The Bertz CT molecular complexity index is 326. The van der Waals surface area contributed by atoms with Crippen molar-refractivity contribution >= 4 is 0 Å². The average molecular weight is 268 g/mol. The van der Waals surface area contributed by atoms with Gasteiger partial charge in [-0.3, -0.25) is 4.90 Å². The number of rotatable bonds is 11. The quantitative estimate of drug-likeness (QED) is 0.626. The summed E-state index contributed by atoms with van der Waals surface area (Å²) >= 11 is 0. The molecule has 4 heteroatoms. The molecule has 0 spiro atoms. The third kappa shape index (κ3) is 6.76. The van der Waals surface area contributed by atoms with Crippen molar-refractivity contribution in [3.8, 4) is 0 Å². The highest BCUT2D eigenvalue weighted by atomic mass is 16.5. The maximum Gasteiger partial charge on any atom is 0.118 e. The number of furan rings is 1. The topological polar surface area (TPSA) is 37.6 Å². The summed E-state index contributed by atoms with van der Waals surface area (Å²) in [5, 5.41) is 3.35. The lowest BCUT2D eigenvalue weighted by atomic mass is 10.3. The van der Waals surface area contributed by atoms with E-state index in [9.17, 15) is 0 Å². The molecule has 0 saturated heterocycles. The van der Waals surface area contributed by atoms with Crippen molar-refractivity contribution in [2.45, 2.75) is 40.3 Å². The minimum atomic E-state index is 0.783. The monoisotopic (exact) mass is 268 g/mol. The number of ether oxygens (including phenoxy) is 1. The first-order valence-corrected chi connectivity index (χ1v) is 7.38. The molecule has 0 saturated carbocycles. The lowest BCUT2D eigenvalue weighted by molar-refractivity contribution is 0.110. The third-order valence-corrected chi connectivity index (χ3v) is 3.03. The van der Waals surface area contributed by atoms with Gasteiger partial charge in [0.2, 0.25) is 0 Å². The summed E-state index contributed by atoms with van der Waals surface area (Å²) in [7, 11) is 0. The van der Waals surface area contributed by atoms with E-state index in [4.69, 9.17) is 9.15 Å². The molecule has 110 valence electrons. The molecular formula is C15H28N2O2. The Morgan fingerprint density at radius 1 is 1.21 bits per heavy atom. The summed E-state index contributed by atoms with van der Waals surface area (Å²) in [5.41, 5.74) is 0. The molecule has 0 fully saturated rings. The van der Waals surface area contributed by atoms with Crippen LogP contribution in [-0.4, -0.2) is 37.7 Å². The molecule has 0 aliphatic carbocycles. The van der Waals surface area contributed by atoms with Crippen LogP contribution < -0.4 is 5.32 Å². The zero-order chi connectivity index (χ0) is 13.9. The van der Waals surface area contributed by atoms with E-state index in [2.05, 4.69) is 36.2 Å². The second-order valence-electron chi connectivity index (χ2n) is 4.61. The van der Waals surface area contributed by atoms with Crippen LogP contribution in [-0.2, 0) is 17.8 Å². The van der Waals surface area contributed by atoms with Crippen LogP contribution in [0, 0.1) is 0 Å². The van der Waals surface area contributed by atoms with Gasteiger partial charge in [-0.05, 0) is 38.6 Å². The van der Waals surface area contributed by atoms with Gasteiger partial charge in [-0.2, -0.15) is 0 Å². The van der Waals surface area contributed by atoms with E-state index in [1.807, 2.05) is 6.92 Å². The Hall–Kier alpha value is -0.840. The van der Waals surface area contributed by atoms with Gasteiger partial charge in [0.1, 0.15) is 11.5 Å². The molecule has 0 amide bonds. The molecule has 1 aromatic heterocycles. The molecule has 0 atom stereocenters. The smallest absolute Gasteiger partial charge is 0.118 e. The van der Waals surface area contributed by atoms with Crippen LogP contribution in [0.4, 0.5) is 0 Å². The van der Waals surface area contributed by atoms with Gasteiger partial charge in [-0.25, -0.2) is 0 Å². The van der Waals surface area contributed by atoms with E-state index in [-0.39, 0.29) is 0 Å². The summed E-state index contributed by atoms with van der Waals surface area (Å²) < 4.78 is 11.2. The van der Waals surface area contributed by atoms with Crippen LogP contribution in [0.3, 0.4) is 0 Å². The molecule has 0 radical (unpaired) electrons. The highest BCUT2D eigenvalue weighted by Crippen LogP contribution is 2.10. The molecule has 0 unspecified atom stereocenters. The van der Waals surface area contributed by atoms with E-state index >= 15 is 0 Å². The van der Waals surface area contributed by atoms with Crippen molar-refractivity contribution in [2.75, 3.05) is 32.8 Å². The summed E-state index contributed by atoms with van der Waals surface area (Å²) in [5.74, 6) is 2.05. The summed E-state index contributed by atoms with van der Waals surface area (Å²) in [6.07, 6.45) is 1.15. The fourth-order valence-corrected chi connectivity index (χ4v) is 1.90. The first-order valence-electron chi connectivity index (χ1n) is 7.38. The lowest BCUT2D eigenvalue weighted by Gasteiger charge is -2.18. The second kappa shape index (κ2) is 10.0. The van der Waals surface area contributed by atoms with Crippen molar-refractivity contribution in [3.05, 3.63) is 23.7 Å². The summed E-state index contributed by atoms with van der Waals surface area (Å²) in [6.45, 7) is 12.6. The van der Waals surface area contributed by atoms with Crippen molar-refractivity contribution in [1.82, 2.24) is 10.2 Å². The van der Waals surface area contributed by atoms with Gasteiger partial charge in [0.15, 0.2) is 0 Å². The molecule has 0 aromatic carbocycles. The molecule has 0 aliphatic rings. The van der Waals surface area contributed by atoms with E-state index in [0.717, 1.165) is 63.9 Å². The Morgan fingerprint density at radius 3 is 2.68 bits per heavy atom.